The number of methoxy groups -OCH3 is 1. The third kappa shape index (κ3) is 4.50. The van der Waals surface area contributed by atoms with Gasteiger partial charge in [-0.3, -0.25) is 5.32 Å². The Hall–Kier alpha value is -2.96. The Bertz CT molecular complexity index is 676. The van der Waals surface area contributed by atoms with Gasteiger partial charge < -0.3 is 20.5 Å². The lowest BCUT2D eigenvalue weighted by atomic mass is 10.2. The molecule has 1 amide bonds. The van der Waals surface area contributed by atoms with E-state index < -0.39 is 6.09 Å². The largest absolute Gasteiger partial charge is 0.496 e. The van der Waals surface area contributed by atoms with Gasteiger partial charge in [0.25, 0.3) is 0 Å². The van der Waals surface area contributed by atoms with Crippen molar-refractivity contribution in [3.05, 3.63) is 42.0 Å². The second kappa shape index (κ2) is 7.88. The van der Waals surface area contributed by atoms with Crippen LogP contribution in [0.1, 0.15) is 12.5 Å². The maximum absolute atomic E-state index is 11.4. The highest BCUT2D eigenvalue weighted by atomic mass is 16.5. The third-order valence-corrected chi connectivity index (χ3v) is 3.09. The van der Waals surface area contributed by atoms with Crippen LogP contribution in [0.25, 0.3) is 0 Å². The van der Waals surface area contributed by atoms with Gasteiger partial charge in [-0.1, -0.05) is 18.2 Å². The average Bonchev–Trinajstić information content (AvgIpc) is 2.55. The van der Waals surface area contributed by atoms with Crippen molar-refractivity contribution < 1.29 is 14.3 Å². The molecule has 0 fully saturated rings. The van der Waals surface area contributed by atoms with Crippen LogP contribution in [0.4, 0.5) is 22.1 Å². The molecule has 0 aliphatic heterocycles. The number of amides is 1. The molecule has 23 heavy (non-hydrogen) atoms. The maximum atomic E-state index is 11.4. The fraction of sp³-hybridized carbons (Fsp3) is 0.250. The summed E-state index contributed by atoms with van der Waals surface area (Å²) in [6.07, 6.45) is -0.560. The van der Waals surface area contributed by atoms with Crippen molar-refractivity contribution in [3.63, 3.8) is 0 Å². The van der Waals surface area contributed by atoms with E-state index >= 15 is 0 Å². The lowest BCUT2D eigenvalue weighted by molar-refractivity contribution is 0.168. The van der Waals surface area contributed by atoms with Crippen LogP contribution >= 0.6 is 0 Å². The highest BCUT2D eigenvalue weighted by Crippen LogP contribution is 2.21. The summed E-state index contributed by atoms with van der Waals surface area (Å²) in [5, 5.41) is 5.70. The number of benzene rings is 1. The number of hydrogen-bond donors (Lipinski definition) is 3. The van der Waals surface area contributed by atoms with Crippen LogP contribution in [-0.2, 0) is 11.3 Å². The minimum atomic E-state index is -0.560. The summed E-state index contributed by atoms with van der Waals surface area (Å²) >= 11 is 0. The number of para-hydroxylation sites is 1. The Morgan fingerprint density at radius 3 is 2.74 bits per heavy atom. The average molecular weight is 316 g/mol. The first-order chi connectivity index (χ1) is 11.1. The highest BCUT2D eigenvalue weighted by molar-refractivity contribution is 5.88. The number of nitrogen functional groups attached to an aromatic ring is 1. The van der Waals surface area contributed by atoms with Crippen LogP contribution in [-0.4, -0.2) is 24.8 Å². The number of nitrogens with one attached hydrogen (secondary N) is 2. The lowest BCUT2D eigenvalue weighted by Gasteiger charge is -2.12. The molecular formula is C16H20N4O3. The first-order valence-corrected chi connectivity index (χ1v) is 7.20. The third-order valence-electron chi connectivity index (χ3n) is 3.09. The van der Waals surface area contributed by atoms with E-state index in [-0.39, 0.29) is 12.4 Å². The van der Waals surface area contributed by atoms with Crippen LogP contribution in [0, 0.1) is 0 Å². The second-order valence-corrected chi connectivity index (χ2v) is 4.64. The summed E-state index contributed by atoms with van der Waals surface area (Å²) in [6.45, 7) is 2.56. The van der Waals surface area contributed by atoms with E-state index in [1.165, 1.54) is 0 Å². The number of aromatic nitrogens is 1. The van der Waals surface area contributed by atoms with Crippen molar-refractivity contribution in [2.24, 2.45) is 0 Å². The molecule has 0 unspecified atom stereocenters. The minimum absolute atomic E-state index is 0.211. The molecule has 0 bridgehead atoms. The van der Waals surface area contributed by atoms with Crippen molar-refractivity contribution in [1.29, 1.82) is 0 Å². The molecule has 1 aromatic heterocycles. The summed E-state index contributed by atoms with van der Waals surface area (Å²) in [7, 11) is 1.63. The summed E-state index contributed by atoms with van der Waals surface area (Å²) < 4.78 is 10.1. The van der Waals surface area contributed by atoms with Gasteiger partial charge in [-0.05, 0) is 25.1 Å². The van der Waals surface area contributed by atoms with Gasteiger partial charge in [-0.2, -0.15) is 0 Å². The minimum Gasteiger partial charge on any atom is -0.496 e. The first-order valence-electron chi connectivity index (χ1n) is 7.20. The molecule has 2 rings (SSSR count). The van der Waals surface area contributed by atoms with Crippen LogP contribution in [0.5, 0.6) is 5.75 Å². The van der Waals surface area contributed by atoms with Crippen LogP contribution in [0.3, 0.4) is 0 Å². The number of pyridine rings is 1. The summed E-state index contributed by atoms with van der Waals surface area (Å²) in [5.41, 5.74) is 7.26. The number of carbonyl (C=O) groups is 1. The predicted octanol–water partition coefficient (Wildman–Crippen LogP) is 2.85. The van der Waals surface area contributed by atoms with Gasteiger partial charge in [-0.15, -0.1) is 0 Å². The number of rotatable bonds is 6. The number of nitrogens with two attached hydrogens (primary N) is 1. The maximum Gasteiger partial charge on any atom is 0.411 e. The van der Waals surface area contributed by atoms with Gasteiger partial charge >= 0.3 is 6.09 Å². The summed E-state index contributed by atoms with van der Waals surface area (Å²) in [6, 6.07) is 11.1. The number of carbonyl (C=O) groups excluding carboxylic acids is 1. The molecule has 0 radical (unpaired) electrons. The van der Waals surface area contributed by atoms with Crippen molar-refractivity contribution in [3.8, 4) is 5.75 Å². The normalized spacial score (nSPS) is 10.0. The molecular weight excluding hydrogens is 296 g/mol. The zero-order valence-electron chi connectivity index (χ0n) is 13.1. The van der Waals surface area contributed by atoms with Crippen LogP contribution in [0.2, 0.25) is 0 Å². The molecule has 7 heteroatoms. The van der Waals surface area contributed by atoms with E-state index in [4.69, 9.17) is 15.2 Å². The molecule has 0 atom stereocenters. The second-order valence-electron chi connectivity index (χ2n) is 4.64. The Morgan fingerprint density at radius 2 is 2.04 bits per heavy atom. The van der Waals surface area contributed by atoms with Gasteiger partial charge in [-0.25, -0.2) is 9.78 Å². The van der Waals surface area contributed by atoms with E-state index in [0.717, 1.165) is 11.3 Å². The summed E-state index contributed by atoms with van der Waals surface area (Å²) in [4.78, 5) is 15.6. The van der Waals surface area contributed by atoms with E-state index in [1.54, 1.807) is 26.2 Å². The van der Waals surface area contributed by atoms with Crippen molar-refractivity contribution in [2.45, 2.75) is 13.5 Å². The Balaban J connectivity index is 2.01. The SMILES string of the molecule is CCOC(=O)Nc1ccc(NCc2ccccc2OC)nc1N. The Kier molecular flexibility index (Phi) is 5.62. The van der Waals surface area contributed by atoms with Crippen molar-refractivity contribution >= 4 is 23.4 Å². The van der Waals surface area contributed by atoms with Crippen LogP contribution < -0.4 is 21.1 Å². The topological polar surface area (TPSA) is 98.5 Å². The Labute approximate surface area is 134 Å². The molecule has 1 aromatic carbocycles. The molecule has 0 saturated carbocycles. The zero-order chi connectivity index (χ0) is 16.7. The highest BCUT2D eigenvalue weighted by Gasteiger charge is 2.08. The van der Waals surface area contributed by atoms with Gasteiger partial charge in [0.15, 0.2) is 0 Å². The molecule has 0 aliphatic rings. The van der Waals surface area contributed by atoms with Gasteiger partial charge in [0.1, 0.15) is 17.4 Å². The fourth-order valence-electron chi connectivity index (χ4n) is 1.99. The molecule has 4 N–H and O–H groups in total. The first kappa shape index (κ1) is 16.4. The van der Waals surface area contributed by atoms with E-state index in [0.29, 0.717) is 18.1 Å². The standard InChI is InChI=1S/C16H20N4O3/c1-3-23-16(21)19-12-8-9-14(20-15(12)17)18-10-11-6-4-5-7-13(11)22-2/h4-9H,3,10H2,1-2H3,(H,19,21)(H3,17,18,20). The quantitative estimate of drug-likeness (QED) is 0.758. The van der Waals surface area contributed by atoms with E-state index in [9.17, 15) is 4.79 Å². The van der Waals surface area contributed by atoms with Gasteiger partial charge in [0.2, 0.25) is 0 Å². The van der Waals surface area contributed by atoms with E-state index in [2.05, 4.69) is 15.6 Å². The van der Waals surface area contributed by atoms with Crippen molar-refractivity contribution in [2.75, 3.05) is 30.1 Å². The molecule has 0 aliphatic carbocycles. The number of ether oxygens (including phenoxy) is 2. The van der Waals surface area contributed by atoms with E-state index in [1.807, 2.05) is 24.3 Å². The molecule has 0 spiro atoms. The number of hydrogen-bond acceptors (Lipinski definition) is 6. The van der Waals surface area contributed by atoms with Gasteiger partial charge in [0, 0.05) is 12.1 Å². The monoisotopic (exact) mass is 316 g/mol. The smallest absolute Gasteiger partial charge is 0.411 e. The van der Waals surface area contributed by atoms with Crippen molar-refractivity contribution in [1.82, 2.24) is 4.98 Å². The molecule has 7 nitrogen and oxygen atoms in total. The molecule has 1 heterocycles. The van der Waals surface area contributed by atoms with Gasteiger partial charge in [0.05, 0.1) is 19.4 Å². The molecule has 122 valence electrons. The zero-order valence-corrected chi connectivity index (χ0v) is 13.1. The molecule has 2 aromatic rings. The molecule has 0 saturated heterocycles. The fourth-order valence-corrected chi connectivity index (χ4v) is 1.99. The number of nitrogens with zero attached hydrogens (tertiary/aromatic N) is 1. The van der Waals surface area contributed by atoms with Crippen LogP contribution in [0.15, 0.2) is 36.4 Å². The Morgan fingerprint density at radius 1 is 1.26 bits per heavy atom. The predicted molar refractivity (Wildman–Crippen MR) is 89.6 cm³/mol. The lowest BCUT2D eigenvalue weighted by Crippen LogP contribution is -2.15. The number of anilines is 3. The summed E-state index contributed by atoms with van der Waals surface area (Å²) in [5.74, 6) is 1.61.